The average Bonchev–Trinajstić information content (AvgIpc) is 2.88. The quantitative estimate of drug-likeness (QED) is 0.871. The van der Waals surface area contributed by atoms with Crippen molar-refractivity contribution < 1.29 is 0 Å². The predicted octanol–water partition coefficient (Wildman–Crippen LogP) is 3.52. The molecule has 0 bridgehead atoms. The Balaban J connectivity index is 2.35. The van der Waals surface area contributed by atoms with Crippen LogP contribution in [0.15, 0.2) is 24.3 Å². The molecule has 1 aromatic carbocycles. The van der Waals surface area contributed by atoms with Gasteiger partial charge < -0.3 is 10.2 Å². The van der Waals surface area contributed by atoms with Crippen molar-refractivity contribution in [3.05, 3.63) is 35.4 Å². The van der Waals surface area contributed by atoms with Gasteiger partial charge in [-0.3, -0.25) is 0 Å². The van der Waals surface area contributed by atoms with Gasteiger partial charge in [-0.1, -0.05) is 49.6 Å². The second kappa shape index (κ2) is 6.06. The number of aryl methyl sites for hydroxylation is 1. The van der Waals surface area contributed by atoms with Crippen LogP contribution in [0, 0.1) is 6.92 Å². The van der Waals surface area contributed by atoms with Gasteiger partial charge in [0.15, 0.2) is 0 Å². The van der Waals surface area contributed by atoms with Crippen LogP contribution in [0.3, 0.4) is 0 Å². The fourth-order valence-corrected chi connectivity index (χ4v) is 3.56. The molecule has 0 amide bonds. The van der Waals surface area contributed by atoms with E-state index in [2.05, 4.69) is 62.4 Å². The Hall–Kier alpha value is -0.860. The van der Waals surface area contributed by atoms with Gasteiger partial charge in [-0.05, 0) is 46.0 Å². The number of hydrogen-bond acceptors (Lipinski definition) is 2. The Kier molecular flexibility index (Phi) is 4.64. The van der Waals surface area contributed by atoms with E-state index < -0.39 is 0 Å². The molecule has 2 heteroatoms. The molecule has 0 saturated heterocycles. The zero-order chi connectivity index (χ0) is 13.9. The monoisotopic (exact) mass is 260 g/mol. The summed E-state index contributed by atoms with van der Waals surface area (Å²) in [5.74, 6) is 0. The summed E-state index contributed by atoms with van der Waals surface area (Å²) in [5.41, 5.74) is 3.05. The fourth-order valence-electron chi connectivity index (χ4n) is 3.56. The van der Waals surface area contributed by atoms with Crippen LogP contribution in [0.4, 0.5) is 0 Å². The Morgan fingerprint density at radius 1 is 1.16 bits per heavy atom. The molecule has 1 N–H and O–H groups in total. The maximum atomic E-state index is 3.74. The summed E-state index contributed by atoms with van der Waals surface area (Å²) in [4.78, 5) is 2.45. The van der Waals surface area contributed by atoms with E-state index in [9.17, 15) is 0 Å². The summed E-state index contributed by atoms with van der Waals surface area (Å²) < 4.78 is 0. The minimum atomic E-state index is 0.283. The molecule has 1 aromatic rings. The smallest absolute Gasteiger partial charge is 0.0506 e. The van der Waals surface area contributed by atoms with Gasteiger partial charge >= 0.3 is 0 Å². The van der Waals surface area contributed by atoms with Crippen LogP contribution in [0.25, 0.3) is 0 Å². The lowest BCUT2D eigenvalue weighted by molar-refractivity contribution is 0.105. The Bertz CT molecular complexity index is 388. The molecule has 1 fully saturated rings. The van der Waals surface area contributed by atoms with E-state index in [1.807, 2.05) is 0 Å². The normalized spacial score (nSPS) is 19.8. The van der Waals surface area contributed by atoms with Crippen LogP contribution in [0.5, 0.6) is 0 Å². The summed E-state index contributed by atoms with van der Waals surface area (Å²) >= 11 is 0. The average molecular weight is 260 g/mol. The summed E-state index contributed by atoms with van der Waals surface area (Å²) in [5, 5.41) is 3.74. The van der Waals surface area contributed by atoms with Gasteiger partial charge in [0.2, 0.25) is 0 Å². The molecule has 0 radical (unpaired) electrons. The van der Waals surface area contributed by atoms with Gasteiger partial charge in [0.25, 0.3) is 0 Å². The van der Waals surface area contributed by atoms with Crippen molar-refractivity contribution in [1.82, 2.24) is 10.2 Å². The van der Waals surface area contributed by atoms with Crippen molar-refractivity contribution in [1.29, 1.82) is 0 Å². The van der Waals surface area contributed by atoms with Crippen LogP contribution < -0.4 is 5.32 Å². The first-order valence-electron chi connectivity index (χ1n) is 7.57. The van der Waals surface area contributed by atoms with E-state index in [4.69, 9.17) is 0 Å². The molecular weight excluding hydrogens is 232 g/mol. The minimum Gasteiger partial charge on any atom is -0.309 e. The maximum absolute atomic E-state index is 3.74. The lowest BCUT2D eigenvalue weighted by atomic mass is 9.82. The first-order chi connectivity index (χ1) is 9.10. The van der Waals surface area contributed by atoms with Crippen molar-refractivity contribution in [2.45, 2.75) is 51.1 Å². The molecule has 0 spiro atoms. The standard InChI is InChI=1S/C17H28N2/c1-5-18-16(15-10-8-14(2)9-11-15)17(19(3)4)12-6-7-13-17/h8-11,16,18H,5-7,12-13H2,1-4H3. The second-order valence-corrected chi connectivity index (χ2v) is 6.11. The number of nitrogens with zero attached hydrogens (tertiary/aromatic N) is 1. The molecule has 0 aliphatic heterocycles. The first kappa shape index (κ1) is 14.5. The number of rotatable bonds is 5. The third-order valence-corrected chi connectivity index (χ3v) is 4.72. The highest BCUT2D eigenvalue weighted by Crippen LogP contribution is 2.43. The molecule has 106 valence electrons. The highest BCUT2D eigenvalue weighted by atomic mass is 15.2. The van der Waals surface area contributed by atoms with Gasteiger partial charge in [-0.2, -0.15) is 0 Å². The molecule has 1 saturated carbocycles. The van der Waals surface area contributed by atoms with Gasteiger partial charge in [0.1, 0.15) is 0 Å². The first-order valence-corrected chi connectivity index (χ1v) is 7.57. The lowest BCUT2D eigenvalue weighted by Crippen LogP contribution is -2.52. The van der Waals surface area contributed by atoms with Crippen LogP contribution in [-0.2, 0) is 0 Å². The number of nitrogens with one attached hydrogen (secondary N) is 1. The van der Waals surface area contributed by atoms with Crippen LogP contribution in [-0.4, -0.2) is 31.1 Å². The van der Waals surface area contributed by atoms with E-state index in [0.717, 1.165) is 6.54 Å². The second-order valence-electron chi connectivity index (χ2n) is 6.11. The molecule has 2 rings (SSSR count). The van der Waals surface area contributed by atoms with Gasteiger partial charge in [0.05, 0.1) is 6.04 Å². The highest BCUT2D eigenvalue weighted by molar-refractivity contribution is 5.27. The molecule has 0 heterocycles. The van der Waals surface area contributed by atoms with Gasteiger partial charge in [-0.25, -0.2) is 0 Å². The lowest BCUT2D eigenvalue weighted by Gasteiger charge is -2.44. The summed E-state index contributed by atoms with van der Waals surface area (Å²) in [6.45, 7) is 5.39. The number of benzene rings is 1. The van der Waals surface area contributed by atoms with E-state index in [1.165, 1.54) is 36.8 Å². The molecule has 0 aromatic heterocycles. The molecule has 1 unspecified atom stereocenters. The SMILES string of the molecule is CCNC(c1ccc(C)cc1)C1(N(C)C)CCCC1. The Morgan fingerprint density at radius 2 is 1.74 bits per heavy atom. The van der Waals surface area contributed by atoms with E-state index >= 15 is 0 Å². The highest BCUT2D eigenvalue weighted by Gasteiger charge is 2.43. The van der Waals surface area contributed by atoms with Crippen LogP contribution in [0.1, 0.15) is 49.8 Å². The van der Waals surface area contributed by atoms with Crippen molar-refractivity contribution >= 4 is 0 Å². The Morgan fingerprint density at radius 3 is 2.21 bits per heavy atom. The predicted molar refractivity (Wildman–Crippen MR) is 82.5 cm³/mol. The van der Waals surface area contributed by atoms with Crippen LogP contribution >= 0.6 is 0 Å². The largest absolute Gasteiger partial charge is 0.309 e. The van der Waals surface area contributed by atoms with E-state index in [1.54, 1.807) is 0 Å². The Labute approximate surface area is 118 Å². The van der Waals surface area contributed by atoms with Crippen molar-refractivity contribution in [3.8, 4) is 0 Å². The molecule has 1 aliphatic rings. The van der Waals surface area contributed by atoms with E-state index in [0.29, 0.717) is 6.04 Å². The fraction of sp³-hybridized carbons (Fsp3) is 0.647. The summed E-state index contributed by atoms with van der Waals surface area (Å²) in [6.07, 6.45) is 5.30. The van der Waals surface area contributed by atoms with Gasteiger partial charge in [0, 0.05) is 5.54 Å². The van der Waals surface area contributed by atoms with Crippen molar-refractivity contribution in [2.75, 3.05) is 20.6 Å². The van der Waals surface area contributed by atoms with Gasteiger partial charge in [-0.15, -0.1) is 0 Å². The molecule has 2 nitrogen and oxygen atoms in total. The number of likely N-dealkylation sites (N-methyl/N-ethyl adjacent to an activating group) is 2. The summed E-state index contributed by atoms with van der Waals surface area (Å²) in [6, 6.07) is 9.50. The number of hydrogen-bond donors (Lipinski definition) is 1. The third kappa shape index (κ3) is 2.85. The molecule has 1 aliphatic carbocycles. The summed E-state index contributed by atoms with van der Waals surface area (Å²) in [7, 11) is 4.48. The zero-order valence-electron chi connectivity index (χ0n) is 12.9. The third-order valence-electron chi connectivity index (χ3n) is 4.72. The maximum Gasteiger partial charge on any atom is 0.0506 e. The van der Waals surface area contributed by atoms with Crippen molar-refractivity contribution in [3.63, 3.8) is 0 Å². The zero-order valence-corrected chi connectivity index (χ0v) is 12.9. The topological polar surface area (TPSA) is 15.3 Å². The molecule has 19 heavy (non-hydrogen) atoms. The molecular formula is C17H28N2. The minimum absolute atomic E-state index is 0.283. The van der Waals surface area contributed by atoms with Crippen molar-refractivity contribution in [2.24, 2.45) is 0 Å². The van der Waals surface area contributed by atoms with Crippen LogP contribution in [0.2, 0.25) is 0 Å². The molecule has 1 atom stereocenters. The van der Waals surface area contributed by atoms with E-state index in [-0.39, 0.29) is 5.54 Å².